The zero-order chi connectivity index (χ0) is 20.3. The van der Waals surface area contributed by atoms with Crippen molar-refractivity contribution in [3.05, 3.63) is 35.4 Å². The molecule has 152 valence electrons. The molecule has 7 nitrogen and oxygen atoms in total. The number of urea groups is 1. The molecule has 1 heterocycles. The molecule has 2 fully saturated rings. The van der Waals surface area contributed by atoms with Crippen molar-refractivity contribution in [2.75, 3.05) is 13.6 Å². The molecule has 7 heteroatoms. The predicted octanol–water partition coefficient (Wildman–Crippen LogP) is 2.21. The number of hydrazine groups is 1. The number of nitrogens with one attached hydrogen (secondary N) is 2. The van der Waals surface area contributed by atoms with Crippen LogP contribution in [0.5, 0.6) is 0 Å². The number of hydrogen-bond donors (Lipinski definition) is 2. The fourth-order valence-electron chi connectivity index (χ4n) is 3.97. The summed E-state index contributed by atoms with van der Waals surface area (Å²) in [5, 5.41) is 3.67. The molecule has 1 saturated heterocycles. The number of aryl methyl sites for hydroxylation is 1. The van der Waals surface area contributed by atoms with Crippen molar-refractivity contribution < 1.29 is 14.4 Å². The van der Waals surface area contributed by atoms with Crippen LogP contribution in [-0.2, 0) is 22.6 Å². The van der Waals surface area contributed by atoms with Gasteiger partial charge in [-0.2, -0.15) is 5.01 Å². The maximum absolute atomic E-state index is 12.8. The summed E-state index contributed by atoms with van der Waals surface area (Å²) in [6, 6.07) is 7.74. The number of carbonyl (C=O) groups excluding carboxylic acids is 3. The van der Waals surface area contributed by atoms with Crippen LogP contribution in [0.3, 0.4) is 0 Å². The lowest BCUT2D eigenvalue weighted by molar-refractivity contribution is -0.140. The number of carbonyl (C=O) groups is 3. The van der Waals surface area contributed by atoms with E-state index in [0.29, 0.717) is 25.3 Å². The van der Waals surface area contributed by atoms with E-state index in [0.717, 1.165) is 29.8 Å². The first-order valence-corrected chi connectivity index (χ1v) is 10.1. The fraction of sp³-hybridized carbons (Fsp3) is 0.571. The molecule has 0 aromatic heterocycles. The van der Waals surface area contributed by atoms with Crippen molar-refractivity contribution in [2.45, 2.75) is 58.0 Å². The summed E-state index contributed by atoms with van der Waals surface area (Å²) in [6.45, 7) is 4.97. The van der Waals surface area contributed by atoms with E-state index in [-0.39, 0.29) is 18.4 Å². The van der Waals surface area contributed by atoms with Gasteiger partial charge in [-0.25, -0.2) is 4.79 Å². The van der Waals surface area contributed by atoms with E-state index in [1.165, 1.54) is 5.56 Å². The SMILES string of the molecule is CCc1ccc(CN(C)CC(=O)NN2C(=O)NC3(CCC(C)CC3)C2=O)cc1. The fourth-order valence-corrected chi connectivity index (χ4v) is 3.97. The van der Waals surface area contributed by atoms with Crippen molar-refractivity contribution in [3.8, 4) is 0 Å². The summed E-state index contributed by atoms with van der Waals surface area (Å²) in [5.74, 6) is -0.160. The van der Waals surface area contributed by atoms with Crippen LogP contribution < -0.4 is 10.7 Å². The maximum atomic E-state index is 12.8. The van der Waals surface area contributed by atoms with Gasteiger partial charge in [-0.05, 0) is 56.2 Å². The summed E-state index contributed by atoms with van der Waals surface area (Å²) in [4.78, 5) is 39.3. The van der Waals surface area contributed by atoms with E-state index in [9.17, 15) is 14.4 Å². The lowest BCUT2D eigenvalue weighted by atomic mass is 9.77. The van der Waals surface area contributed by atoms with E-state index in [4.69, 9.17) is 0 Å². The monoisotopic (exact) mass is 386 g/mol. The zero-order valence-electron chi connectivity index (χ0n) is 17.0. The minimum Gasteiger partial charge on any atom is -0.322 e. The highest BCUT2D eigenvalue weighted by Crippen LogP contribution is 2.35. The molecule has 0 bridgehead atoms. The third-order valence-corrected chi connectivity index (χ3v) is 5.82. The molecule has 28 heavy (non-hydrogen) atoms. The smallest absolute Gasteiger partial charge is 0.322 e. The van der Waals surface area contributed by atoms with Crippen molar-refractivity contribution in [3.63, 3.8) is 0 Å². The number of nitrogens with zero attached hydrogens (tertiary/aromatic N) is 2. The summed E-state index contributed by atoms with van der Waals surface area (Å²) >= 11 is 0. The van der Waals surface area contributed by atoms with Gasteiger partial charge in [-0.15, -0.1) is 0 Å². The van der Waals surface area contributed by atoms with E-state index >= 15 is 0 Å². The minimum atomic E-state index is -0.843. The maximum Gasteiger partial charge on any atom is 0.344 e. The second-order valence-electron chi connectivity index (χ2n) is 8.21. The standard InChI is InChI=1S/C21H30N4O3/c1-4-16-5-7-17(8-6-16)13-24(3)14-18(26)23-25-19(27)21(22-20(25)28)11-9-15(2)10-12-21/h5-8,15H,4,9-14H2,1-3H3,(H,22,28)(H,23,26). The second-order valence-corrected chi connectivity index (χ2v) is 8.21. The van der Waals surface area contributed by atoms with Gasteiger partial charge < -0.3 is 5.32 Å². The Labute approximate surface area is 166 Å². The van der Waals surface area contributed by atoms with Gasteiger partial charge in [0.15, 0.2) is 0 Å². The minimum absolute atomic E-state index is 0.0939. The van der Waals surface area contributed by atoms with Crippen LogP contribution in [0.25, 0.3) is 0 Å². The van der Waals surface area contributed by atoms with Crippen molar-refractivity contribution >= 4 is 17.8 Å². The Balaban J connectivity index is 1.53. The van der Waals surface area contributed by atoms with Crippen LogP contribution in [0.2, 0.25) is 0 Å². The average molecular weight is 386 g/mol. The van der Waals surface area contributed by atoms with Gasteiger partial charge in [0.1, 0.15) is 5.54 Å². The third kappa shape index (κ3) is 4.35. The van der Waals surface area contributed by atoms with Crippen LogP contribution in [0.1, 0.15) is 50.7 Å². The van der Waals surface area contributed by atoms with Gasteiger partial charge in [-0.1, -0.05) is 38.1 Å². The third-order valence-electron chi connectivity index (χ3n) is 5.82. The van der Waals surface area contributed by atoms with Crippen molar-refractivity contribution in [2.24, 2.45) is 5.92 Å². The Morgan fingerprint density at radius 2 is 1.82 bits per heavy atom. The zero-order valence-corrected chi connectivity index (χ0v) is 17.0. The number of likely N-dealkylation sites (N-methyl/N-ethyl adjacent to an activating group) is 1. The molecular weight excluding hydrogens is 356 g/mol. The molecule has 0 radical (unpaired) electrons. The lowest BCUT2D eigenvalue weighted by Gasteiger charge is -2.33. The number of benzene rings is 1. The molecule has 4 amide bonds. The van der Waals surface area contributed by atoms with Crippen LogP contribution in [0.15, 0.2) is 24.3 Å². The number of rotatable bonds is 6. The molecule has 3 rings (SSSR count). The normalized spacial score (nSPS) is 24.7. The highest BCUT2D eigenvalue weighted by molar-refractivity contribution is 6.08. The average Bonchev–Trinajstić information content (AvgIpc) is 2.89. The number of imide groups is 1. The summed E-state index contributed by atoms with van der Waals surface area (Å²) in [7, 11) is 1.84. The van der Waals surface area contributed by atoms with E-state index < -0.39 is 11.6 Å². The van der Waals surface area contributed by atoms with Gasteiger partial charge in [-0.3, -0.25) is 19.9 Å². The van der Waals surface area contributed by atoms with Crippen LogP contribution in [0.4, 0.5) is 4.79 Å². The lowest BCUT2D eigenvalue weighted by Crippen LogP contribution is -2.52. The molecular formula is C21H30N4O3. The highest BCUT2D eigenvalue weighted by Gasteiger charge is 2.52. The van der Waals surface area contributed by atoms with Gasteiger partial charge in [0.2, 0.25) is 0 Å². The van der Waals surface area contributed by atoms with Gasteiger partial charge >= 0.3 is 6.03 Å². The quantitative estimate of drug-likeness (QED) is 0.735. The number of amides is 4. The van der Waals surface area contributed by atoms with Gasteiger partial charge in [0.25, 0.3) is 11.8 Å². The molecule has 2 N–H and O–H groups in total. The topological polar surface area (TPSA) is 81.8 Å². The van der Waals surface area contributed by atoms with Crippen LogP contribution in [0, 0.1) is 5.92 Å². The molecule has 1 aliphatic carbocycles. The Bertz CT molecular complexity index is 739. The Morgan fingerprint density at radius 1 is 1.21 bits per heavy atom. The largest absolute Gasteiger partial charge is 0.344 e. The number of hydrogen-bond acceptors (Lipinski definition) is 4. The summed E-state index contributed by atoms with van der Waals surface area (Å²) in [6.07, 6.45) is 4.03. The first-order valence-electron chi connectivity index (χ1n) is 10.1. The molecule has 1 spiro atoms. The predicted molar refractivity (Wildman–Crippen MR) is 106 cm³/mol. The van der Waals surface area contributed by atoms with Crippen LogP contribution in [-0.4, -0.2) is 46.9 Å². The Morgan fingerprint density at radius 3 is 2.43 bits per heavy atom. The summed E-state index contributed by atoms with van der Waals surface area (Å²) < 4.78 is 0. The molecule has 0 atom stereocenters. The van der Waals surface area contributed by atoms with E-state index in [1.807, 2.05) is 11.9 Å². The highest BCUT2D eigenvalue weighted by atomic mass is 16.2. The molecule has 1 aliphatic heterocycles. The van der Waals surface area contributed by atoms with Crippen molar-refractivity contribution in [1.29, 1.82) is 0 Å². The van der Waals surface area contributed by atoms with E-state index in [1.54, 1.807) is 0 Å². The molecule has 1 saturated carbocycles. The first kappa shape index (κ1) is 20.3. The summed E-state index contributed by atoms with van der Waals surface area (Å²) in [5.41, 5.74) is 4.02. The Kier molecular flexibility index (Phi) is 6.03. The molecule has 1 aromatic carbocycles. The second kappa shape index (κ2) is 8.31. The Hall–Kier alpha value is -2.41. The van der Waals surface area contributed by atoms with Gasteiger partial charge in [0, 0.05) is 6.54 Å². The molecule has 2 aliphatic rings. The molecule has 1 aromatic rings. The van der Waals surface area contributed by atoms with Crippen LogP contribution >= 0.6 is 0 Å². The van der Waals surface area contributed by atoms with Gasteiger partial charge in [0.05, 0.1) is 6.54 Å². The first-order chi connectivity index (χ1) is 13.3. The van der Waals surface area contributed by atoms with E-state index in [2.05, 4.69) is 48.9 Å². The molecule has 0 unspecified atom stereocenters. The van der Waals surface area contributed by atoms with Crippen molar-refractivity contribution in [1.82, 2.24) is 20.7 Å².